The van der Waals surface area contributed by atoms with Crippen molar-refractivity contribution in [2.75, 3.05) is 64.0 Å². The van der Waals surface area contributed by atoms with Crippen molar-refractivity contribution in [3.8, 4) is 5.75 Å². The molecular formula is C24H34N3O4+. The van der Waals surface area contributed by atoms with E-state index >= 15 is 0 Å². The maximum Gasteiger partial charge on any atom is 0.265 e. The van der Waals surface area contributed by atoms with Crippen LogP contribution < -0.4 is 14.5 Å². The second-order valence-electron chi connectivity index (χ2n) is 8.69. The van der Waals surface area contributed by atoms with Crippen molar-refractivity contribution in [3.05, 3.63) is 36.4 Å². The number of hydrogen-bond acceptors (Lipinski definition) is 4. The number of fused-ring (bicyclic) bond motifs is 1. The van der Waals surface area contributed by atoms with Gasteiger partial charge in [-0.15, -0.1) is 0 Å². The summed E-state index contributed by atoms with van der Waals surface area (Å²) in [7, 11) is 0. The molecule has 2 amide bonds. The predicted octanol–water partition coefficient (Wildman–Crippen LogP) is 0.902. The zero-order valence-corrected chi connectivity index (χ0v) is 18.3. The second-order valence-corrected chi connectivity index (χ2v) is 8.69. The summed E-state index contributed by atoms with van der Waals surface area (Å²) in [6, 6.07) is 7.44. The van der Waals surface area contributed by atoms with E-state index in [1.165, 1.54) is 0 Å². The molecule has 0 aromatic heterocycles. The Morgan fingerprint density at radius 2 is 2.03 bits per heavy atom. The number of para-hydroxylation sites is 2. The number of allylic oxidation sites excluding steroid dienone is 2. The van der Waals surface area contributed by atoms with Crippen molar-refractivity contribution < 1.29 is 24.0 Å². The molecule has 3 aliphatic rings. The standard InChI is InChI=1S/C24H33N3O4/c28-23(18-27-21-9-4-5-10-22(21)31-19-24(27)29)26(17-20-7-2-1-3-8-20)12-6-11-25-13-15-30-16-14-25/h1-2,4-5,9-10,20H,3,6-8,11-19H2/p+1/t20-/m1/s1. The van der Waals surface area contributed by atoms with E-state index in [0.717, 1.165) is 71.6 Å². The summed E-state index contributed by atoms with van der Waals surface area (Å²) in [5, 5.41) is 0. The molecule has 2 heterocycles. The Balaban J connectivity index is 1.40. The first-order valence-electron chi connectivity index (χ1n) is 11.6. The van der Waals surface area contributed by atoms with Crippen LogP contribution in [0.4, 0.5) is 5.69 Å². The van der Waals surface area contributed by atoms with Crippen LogP contribution >= 0.6 is 0 Å². The van der Waals surface area contributed by atoms with Crippen LogP contribution in [-0.4, -0.2) is 75.8 Å². The molecule has 31 heavy (non-hydrogen) atoms. The Morgan fingerprint density at radius 1 is 1.19 bits per heavy atom. The van der Waals surface area contributed by atoms with Gasteiger partial charge in [-0.2, -0.15) is 0 Å². The van der Waals surface area contributed by atoms with E-state index in [2.05, 4.69) is 12.2 Å². The van der Waals surface area contributed by atoms with Crippen molar-refractivity contribution in [2.45, 2.75) is 25.7 Å². The number of rotatable bonds is 8. The van der Waals surface area contributed by atoms with Crippen LogP contribution in [-0.2, 0) is 14.3 Å². The van der Waals surface area contributed by atoms with Crippen molar-refractivity contribution in [2.24, 2.45) is 5.92 Å². The van der Waals surface area contributed by atoms with Crippen molar-refractivity contribution in [1.29, 1.82) is 0 Å². The van der Waals surface area contributed by atoms with Gasteiger partial charge in [0.05, 0.1) is 25.4 Å². The van der Waals surface area contributed by atoms with Gasteiger partial charge in [0.1, 0.15) is 25.4 Å². The largest absolute Gasteiger partial charge is 0.482 e. The van der Waals surface area contributed by atoms with E-state index in [9.17, 15) is 9.59 Å². The number of ether oxygens (including phenoxy) is 2. The number of nitrogens with one attached hydrogen (secondary N) is 1. The molecule has 7 heteroatoms. The smallest absolute Gasteiger partial charge is 0.265 e. The SMILES string of the molecule is O=C(CN1C(=O)COc2ccccc21)N(CCC[NH+]1CCOCC1)C[C@@H]1CC=CCC1. The highest BCUT2D eigenvalue weighted by molar-refractivity contribution is 6.02. The van der Waals surface area contributed by atoms with Crippen molar-refractivity contribution >= 4 is 17.5 Å². The van der Waals surface area contributed by atoms with Gasteiger partial charge in [-0.3, -0.25) is 14.5 Å². The maximum absolute atomic E-state index is 13.4. The molecule has 0 saturated carbocycles. The van der Waals surface area contributed by atoms with Gasteiger partial charge in [-0.1, -0.05) is 24.3 Å². The number of quaternary nitrogens is 1. The fraction of sp³-hybridized carbons (Fsp3) is 0.583. The summed E-state index contributed by atoms with van der Waals surface area (Å²) in [6.07, 6.45) is 8.66. The van der Waals surface area contributed by atoms with E-state index in [1.807, 2.05) is 29.2 Å². The quantitative estimate of drug-likeness (QED) is 0.625. The first-order valence-corrected chi connectivity index (χ1v) is 11.6. The normalized spacial score (nSPS) is 21.5. The van der Waals surface area contributed by atoms with Crippen LogP contribution in [0.25, 0.3) is 0 Å². The Morgan fingerprint density at radius 3 is 2.84 bits per heavy atom. The number of benzene rings is 1. The Labute approximate surface area is 184 Å². The molecule has 168 valence electrons. The summed E-state index contributed by atoms with van der Waals surface area (Å²) < 4.78 is 11.0. The third-order valence-corrected chi connectivity index (χ3v) is 6.47. The number of anilines is 1. The Bertz CT molecular complexity index is 791. The molecule has 1 aromatic carbocycles. The van der Waals surface area contributed by atoms with Crippen LogP contribution in [0.15, 0.2) is 36.4 Å². The molecule has 2 aliphatic heterocycles. The van der Waals surface area contributed by atoms with E-state index in [1.54, 1.807) is 9.80 Å². The first-order chi connectivity index (χ1) is 15.2. The summed E-state index contributed by atoms with van der Waals surface area (Å²) >= 11 is 0. The van der Waals surface area contributed by atoms with Gasteiger partial charge in [0.2, 0.25) is 5.91 Å². The van der Waals surface area contributed by atoms with Gasteiger partial charge < -0.3 is 19.3 Å². The van der Waals surface area contributed by atoms with Crippen molar-refractivity contribution in [1.82, 2.24) is 4.90 Å². The number of hydrogen-bond donors (Lipinski definition) is 1. The average Bonchev–Trinajstić information content (AvgIpc) is 2.81. The molecule has 1 saturated heterocycles. The minimum absolute atomic E-state index is 0.0158. The van der Waals surface area contributed by atoms with E-state index in [-0.39, 0.29) is 25.0 Å². The van der Waals surface area contributed by atoms with Gasteiger partial charge in [0.25, 0.3) is 5.91 Å². The summed E-state index contributed by atoms with van der Waals surface area (Å²) in [6.45, 7) is 6.35. The Kier molecular flexibility index (Phi) is 7.59. The number of carbonyl (C=O) groups is 2. The molecule has 7 nitrogen and oxygen atoms in total. The molecule has 1 fully saturated rings. The van der Waals surface area contributed by atoms with E-state index < -0.39 is 0 Å². The van der Waals surface area contributed by atoms with Gasteiger partial charge in [-0.25, -0.2) is 0 Å². The Hall–Kier alpha value is -2.38. The van der Waals surface area contributed by atoms with Crippen LogP contribution in [0, 0.1) is 5.92 Å². The second kappa shape index (κ2) is 10.8. The van der Waals surface area contributed by atoms with Crippen LogP contribution in [0.3, 0.4) is 0 Å². The van der Waals surface area contributed by atoms with Crippen LogP contribution in [0.1, 0.15) is 25.7 Å². The molecule has 0 bridgehead atoms. The average molecular weight is 429 g/mol. The molecule has 1 aliphatic carbocycles. The van der Waals surface area contributed by atoms with Crippen LogP contribution in [0.5, 0.6) is 5.75 Å². The molecule has 0 spiro atoms. The third-order valence-electron chi connectivity index (χ3n) is 6.47. The maximum atomic E-state index is 13.4. The lowest BCUT2D eigenvalue weighted by Crippen LogP contribution is -3.14. The number of morpholine rings is 1. The molecule has 0 radical (unpaired) electrons. The molecule has 1 aromatic rings. The molecule has 0 unspecified atom stereocenters. The third kappa shape index (κ3) is 5.86. The monoisotopic (exact) mass is 428 g/mol. The fourth-order valence-electron chi connectivity index (χ4n) is 4.64. The number of carbonyl (C=O) groups excluding carboxylic acids is 2. The molecule has 4 rings (SSSR count). The minimum Gasteiger partial charge on any atom is -0.482 e. The lowest BCUT2D eigenvalue weighted by molar-refractivity contribution is -0.908. The van der Waals surface area contributed by atoms with Crippen LogP contribution in [0.2, 0.25) is 0 Å². The van der Waals surface area contributed by atoms with Crippen molar-refractivity contribution in [3.63, 3.8) is 0 Å². The predicted molar refractivity (Wildman–Crippen MR) is 118 cm³/mol. The van der Waals surface area contributed by atoms with Gasteiger partial charge in [0.15, 0.2) is 6.61 Å². The summed E-state index contributed by atoms with van der Waals surface area (Å²) in [4.78, 5) is 31.0. The molecule has 1 N–H and O–H groups in total. The lowest BCUT2D eigenvalue weighted by Gasteiger charge is -2.33. The van der Waals surface area contributed by atoms with E-state index in [0.29, 0.717) is 17.4 Å². The highest BCUT2D eigenvalue weighted by Crippen LogP contribution is 2.31. The lowest BCUT2D eigenvalue weighted by atomic mass is 9.94. The highest BCUT2D eigenvalue weighted by Gasteiger charge is 2.29. The minimum atomic E-state index is -0.162. The van der Waals surface area contributed by atoms with Gasteiger partial charge in [-0.05, 0) is 37.3 Å². The first kappa shape index (κ1) is 21.8. The van der Waals surface area contributed by atoms with Gasteiger partial charge >= 0.3 is 0 Å². The summed E-state index contributed by atoms with van der Waals surface area (Å²) in [5.41, 5.74) is 0.686. The molecular weight excluding hydrogens is 394 g/mol. The topological polar surface area (TPSA) is 63.5 Å². The number of nitrogens with zero attached hydrogens (tertiary/aromatic N) is 2. The fourth-order valence-corrected chi connectivity index (χ4v) is 4.64. The zero-order valence-electron chi connectivity index (χ0n) is 18.3. The van der Waals surface area contributed by atoms with Gasteiger partial charge in [0, 0.05) is 19.5 Å². The number of amides is 2. The highest BCUT2D eigenvalue weighted by atomic mass is 16.5. The van der Waals surface area contributed by atoms with E-state index in [4.69, 9.17) is 9.47 Å². The molecule has 1 atom stereocenters. The summed E-state index contributed by atoms with van der Waals surface area (Å²) in [5.74, 6) is 1.02. The zero-order chi connectivity index (χ0) is 21.5.